The minimum absolute atomic E-state index is 0.112. The predicted octanol–water partition coefficient (Wildman–Crippen LogP) is 4.81. The van der Waals surface area contributed by atoms with Gasteiger partial charge >= 0.3 is 0 Å². The average Bonchev–Trinajstić information content (AvgIpc) is 3.24. The van der Waals surface area contributed by atoms with Crippen molar-refractivity contribution >= 4 is 5.78 Å². The molecule has 4 rings (SSSR count). The molecule has 0 aliphatic heterocycles. The van der Waals surface area contributed by atoms with Crippen LogP contribution in [0, 0.1) is 18.6 Å². The molecule has 0 unspecified atom stereocenters. The van der Waals surface area contributed by atoms with Crippen LogP contribution in [0.25, 0.3) is 22.6 Å². The van der Waals surface area contributed by atoms with Gasteiger partial charge in [-0.2, -0.15) is 0 Å². The van der Waals surface area contributed by atoms with Crippen molar-refractivity contribution in [2.75, 3.05) is 0 Å². The lowest BCUT2D eigenvalue weighted by molar-refractivity contribution is 0.0984. The fourth-order valence-corrected chi connectivity index (χ4v) is 3.12. The summed E-state index contributed by atoms with van der Waals surface area (Å²) in [6.07, 6.45) is 2.82. The average molecular weight is 391 g/mol. The van der Waals surface area contributed by atoms with E-state index in [0.29, 0.717) is 11.5 Å². The van der Waals surface area contributed by atoms with E-state index < -0.39 is 23.0 Å². The van der Waals surface area contributed by atoms with Crippen molar-refractivity contribution in [3.8, 4) is 22.6 Å². The van der Waals surface area contributed by atoms with Crippen molar-refractivity contribution in [3.63, 3.8) is 0 Å². The molecular weight excluding hydrogens is 376 g/mol. The van der Waals surface area contributed by atoms with E-state index in [0.717, 1.165) is 34.6 Å². The van der Waals surface area contributed by atoms with Crippen LogP contribution in [0.5, 0.6) is 0 Å². The van der Waals surface area contributed by atoms with Gasteiger partial charge in [0.1, 0.15) is 0 Å². The van der Waals surface area contributed by atoms with Gasteiger partial charge in [-0.25, -0.2) is 8.78 Å². The molecule has 0 atom stereocenters. The van der Waals surface area contributed by atoms with Gasteiger partial charge in [0.25, 0.3) is 0 Å². The van der Waals surface area contributed by atoms with E-state index >= 15 is 0 Å². The van der Waals surface area contributed by atoms with Crippen molar-refractivity contribution < 1.29 is 18.0 Å². The minimum Gasteiger partial charge on any atom is -0.423 e. The Morgan fingerprint density at radius 1 is 1.00 bits per heavy atom. The molecule has 144 valence electrons. The van der Waals surface area contributed by atoms with Gasteiger partial charge in [-0.05, 0) is 41.3 Å². The first kappa shape index (κ1) is 18.6. The van der Waals surface area contributed by atoms with Crippen LogP contribution in [0.1, 0.15) is 21.5 Å². The highest BCUT2D eigenvalue weighted by atomic mass is 19.1. The molecule has 0 N–H and O–H groups in total. The number of hydrogen-bond donors (Lipinski definition) is 0. The van der Waals surface area contributed by atoms with Crippen LogP contribution in [-0.2, 0) is 6.42 Å². The Balaban J connectivity index is 1.59. The van der Waals surface area contributed by atoms with E-state index in [2.05, 4.69) is 15.2 Å². The number of aromatic nitrogens is 3. The standard InChI is InChI=1S/C22H15F2N3O2/c1-13-2-5-16(22-27-26-12-29-22)9-17(13)15-6-3-14(4-7-15)8-20(28)21-18(23)10-25-11-19(21)24/h2-7,9-12H,8H2,1H3. The highest BCUT2D eigenvalue weighted by Gasteiger charge is 2.18. The quantitative estimate of drug-likeness (QED) is 0.457. The fourth-order valence-electron chi connectivity index (χ4n) is 3.12. The SMILES string of the molecule is Cc1ccc(-c2nnco2)cc1-c1ccc(CC(=O)c2c(F)cncc2F)cc1. The molecule has 0 amide bonds. The first-order valence-electron chi connectivity index (χ1n) is 8.81. The van der Waals surface area contributed by atoms with Crippen molar-refractivity contribution in [1.82, 2.24) is 15.2 Å². The van der Waals surface area contributed by atoms with Crippen LogP contribution >= 0.6 is 0 Å². The Bertz CT molecular complexity index is 1150. The molecule has 0 aliphatic rings. The van der Waals surface area contributed by atoms with Gasteiger partial charge in [0.05, 0.1) is 18.0 Å². The number of nitrogens with zero attached hydrogens (tertiary/aromatic N) is 3. The number of rotatable bonds is 5. The van der Waals surface area contributed by atoms with E-state index in [1.165, 1.54) is 6.39 Å². The van der Waals surface area contributed by atoms with Gasteiger partial charge in [0.2, 0.25) is 12.3 Å². The number of Topliss-reactive ketones (excluding diaryl/α,β-unsaturated/α-hetero) is 1. The van der Waals surface area contributed by atoms with E-state index in [4.69, 9.17) is 4.42 Å². The van der Waals surface area contributed by atoms with Crippen molar-refractivity contribution in [3.05, 3.63) is 89.6 Å². The molecule has 0 spiro atoms. The van der Waals surface area contributed by atoms with Crippen LogP contribution < -0.4 is 0 Å². The molecular formula is C22H15F2N3O2. The molecule has 0 radical (unpaired) electrons. The number of ketones is 1. The molecule has 0 saturated heterocycles. The van der Waals surface area contributed by atoms with Gasteiger partial charge in [-0.15, -0.1) is 10.2 Å². The van der Waals surface area contributed by atoms with Gasteiger partial charge < -0.3 is 4.42 Å². The monoisotopic (exact) mass is 391 g/mol. The third kappa shape index (κ3) is 3.80. The Morgan fingerprint density at radius 2 is 1.69 bits per heavy atom. The second-order valence-corrected chi connectivity index (χ2v) is 6.55. The van der Waals surface area contributed by atoms with Crippen molar-refractivity contribution in [2.45, 2.75) is 13.3 Å². The van der Waals surface area contributed by atoms with E-state index in [1.54, 1.807) is 12.1 Å². The van der Waals surface area contributed by atoms with E-state index in [-0.39, 0.29) is 6.42 Å². The zero-order valence-electron chi connectivity index (χ0n) is 15.4. The summed E-state index contributed by atoms with van der Waals surface area (Å²) in [5.41, 5.74) is 3.85. The van der Waals surface area contributed by atoms with Gasteiger partial charge in [0, 0.05) is 12.0 Å². The summed E-state index contributed by atoms with van der Waals surface area (Å²) in [6, 6.07) is 13.1. The largest absolute Gasteiger partial charge is 0.423 e. The molecule has 0 fully saturated rings. The Labute approximate surface area is 165 Å². The van der Waals surface area contributed by atoms with Gasteiger partial charge in [0.15, 0.2) is 17.4 Å². The summed E-state index contributed by atoms with van der Waals surface area (Å²) < 4.78 is 32.7. The van der Waals surface area contributed by atoms with Crippen molar-refractivity contribution in [1.29, 1.82) is 0 Å². The third-order valence-corrected chi connectivity index (χ3v) is 4.61. The van der Waals surface area contributed by atoms with E-state index in [1.807, 2.05) is 37.3 Å². The lowest BCUT2D eigenvalue weighted by Gasteiger charge is -2.09. The van der Waals surface area contributed by atoms with Gasteiger partial charge in [-0.1, -0.05) is 30.3 Å². The second-order valence-electron chi connectivity index (χ2n) is 6.55. The molecule has 0 bridgehead atoms. The van der Waals surface area contributed by atoms with Crippen LogP contribution in [-0.4, -0.2) is 21.0 Å². The topological polar surface area (TPSA) is 68.9 Å². The smallest absolute Gasteiger partial charge is 0.247 e. The Kier molecular flexibility index (Phi) is 4.95. The minimum atomic E-state index is -0.958. The normalized spacial score (nSPS) is 10.9. The lowest BCUT2D eigenvalue weighted by atomic mass is 9.96. The maximum absolute atomic E-state index is 13.7. The van der Waals surface area contributed by atoms with E-state index in [9.17, 15) is 13.6 Å². The molecule has 29 heavy (non-hydrogen) atoms. The Hall–Kier alpha value is -3.74. The summed E-state index contributed by atoms with van der Waals surface area (Å²) in [6.45, 7) is 1.99. The van der Waals surface area contributed by atoms with Gasteiger partial charge in [-0.3, -0.25) is 9.78 Å². The summed E-state index contributed by atoms with van der Waals surface area (Å²) >= 11 is 0. The fraction of sp³-hybridized carbons (Fsp3) is 0.0909. The maximum atomic E-state index is 13.7. The van der Waals surface area contributed by atoms with Crippen molar-refractivity contribution in [2.24, 2.45) is 0 Å². The number of aryl methyl sites for hydroxylation is 1. The lowest BCUT2D eigenvalue weighted by Crippen LogP contribution is -2.09. The molecule has 2 aromatic heterocycles. The Morgan fingerprint density at radius 3 is 2.34 bits per heavy atom. The van der Waals surface area contributed by atoms with Crippen LogP contribution in [0.3, 0.4) is 0 Å². The van der Waals surface area contributed by atoms with Crippen LogP contribution in [0.4, 0.5) is 8.78 Å². The molecule has 0 aliphatic carbocycles. The molecule has 0 saturated carbocycles. The number of carbonyl (C=O) groups excluding carboxylic acids is 1. The predicted molar refractivity (Wildman–Crippen MR) is 102 cm³/mol. The van der Waals surface area contributed by atoms with Crippen LogP contribution in [0.2, 0.25) is 0 Å². The number of benzene rings is 2. The molecule has 5 nitrogen and oxygen atoms in total. The summed E-state index contributed by atoms with van der Waals surface area (Å²) in [4.78, 5) is 15.7. The highest BCUT2D eigenvalue weighted by molar-refractivity contribution is 5.98. The number of hydrogen-bond acceptors (Lipinski definition) is 5. The number of carbonyl (C=O) groups is 1. The third-order valence-electron chi connectivity index (χ3n) is 4.61. The first-order valence-corrected chi connectivity index (χ1v) is 8.81. The van der Waals surface area contributed by atoms with Crippen LogP contribution in [0.15, 0.2) is 65.7 Å². The summed E-state index contributed by atoms with van der Waals surface area (Å²) in [7, 11) is 0. The zero-order chi connectivity index (χ0) is 20.4. The zero-order valence-corrected chi connectivity index (χ0v) is 15.4. The molecule has 2 heterocycles. The number of halogens is 2. The maximum Gasteiger partial charge on any atom is 0.247 e. The summed E-state index contributed by atoms with van der Waals surface area (Å²) in [5, 5.41) is 7.61. The molecule has 7 heteroatoms. The molecule has 4 aromatic rings. The summed E-state index contributed by atoms with van der Waals surface area (Å²) in [5.74, 6) is -2.13. The second kappa shape index (κ2) is 7.71. The number of pyridine rings is 1. The molecule has 2 aromatic carbocycles. The highest BCUT2D eigenvalue weighted by Crippen LogP contribution is 2.29. The first-order chi connectivity index (χ1) is 14.0.